The summed E-state index contributed by atoms with van der Waals surface area (Å²) in [5, 5.41) is 3.32. The Balaban J connectivity index is 1.51. The van der Waals surface area contributed by atoms with Crippen molar-refractivity contribution in [3.63, 3.8) is 0 Å². The van der Waals surface area contributed by atoms with E-state index in [0.29, 0.717) is 10.7 Å². The number of carbonyl (C=O) groups is 1. The van der Waals surface area contributed by atoms with Crippen LogP contribution in [0, 0.1) is 12.7 Å². The van der Waals surface area contributed by atoms with Gasteiger partial charge in [-0.25, -0.2) is 9.37 Å². The molecule has 6 heteroatoms. The molecule has 0 atom stereocenters. The number of carbonyl (C=O) groups excluding carboxylic acids is 1. The predicted molar refractivity (Wildman–Crippen MR) is 124 cm³/mol. The van der Waals surface area contributed by atoms with Gasteiger partial charge in [0.1, 0.15) is 5.82 Å². The predicted octanol–water partition coefficient (Wildman–Crippen LogP) is 5.85. The molecule has 1 saturated carbocycles. The minimum Gasteiger partial charge on any atom is -0.398 e. The molecule has 1 amide bonds. The highest BCUT2D eigenvalue weighted by Crippen LogP contribution is 2.42. The third kappa shape index (κ3) is 3.55. The Morgan fingerprint density at radius 1 is 1.10 bits per heavy atom. The van der Waals surface area contributed by atoms with E-state index in [4.69, 9.17) is 10.7 Å². The number of halogens is 1. The summed E-state index contributed by atoms with van der Waals surface area (Å²) < 4.78 is 14.2. The minimum atomic E-state index is -0.523. The second-order valence-electron chi connectivity index (χ2n) is 8.24. The van der Waals surface area contributed by atoms with Crippen LogP contribution in [0.5, 0.6) is 0 Å². The van der Waals surface area contributed by atoms with Crippen LogP contribution < -0.4 is 11.1 Å². The number of hydrogen-bond acceptors (Lipinski definition) is 4. The van der Waals surface area contributed by atoms with E-state index in [9.17, 15) is 9.18 Å². The van der Waals surface area contributed by atoms with Crippen molar-refractivity contribution in [1.82, 2.24) is 4.98 Å². The molecule has 0 saturated heterocycles. The van der Waals surface area contributed by atoms with Crippen molar-refractivity contribution in [3.8, 4) is 10.4 Å². The first-order valence-corrected chi connectivity index (χ1v) is 11.5. The summed E-state index contributed by atoms with van der Waals surface area (Å²) in [5.41, 5.74) is 14.0. The highest BCUT2D eigenvalue weighted by Gasteiger charge is 2.24. The summed E-state index contributed by atoms with van der Waals surface area (Å²) in [6.07, 6.45) is 6.17. The topological polar surface area (TPSA) is 68.0 Å². The molecule has 5 rings (SSSR count). The van der Waals surface area contributed by atoms with Gasteiger partial charge in [-0.15, -0.1) is 0 Å². The van der Waals surface area contributed by atoms with Gasteiger partial charge >= 0.3 is 0 Å². The smallest absolute Gasteiger partial charge is 0.260 e. The molecule has 3 aromatic rings. The fraction of sp³-hybridized carbons (Fsp3) is 0.280. The van der Waals surface area contributed by atoms with Crippen LogP contribution in [0.25, 0.3) is 16.1 Å². The summed E-state index contributed by atoms with van der Waals surface area (Å²) >= 11 is 1.45. The number of nitrogens with two attached hydrogens (primary N) is 1. The van der Waals surface area contributed by atoms with Gasteiger partial charge in [-0.2, -0.15) is 0 Å². The molecule has 0 spiro atoms. The lowest BCUT2D eigenvalue weighted by Crippen LogP contribution is -2.15. The molecular weight excluding hydrogens is 409 g/mol. The van der Waals surface area contributed by atoms with E-state index < -0.39 is 11.7 Å². The number of aromatic nitrogens is 1. The van der Waals surface area contributed by atoms with Crippen LogP contribution in [-0.2, 0) is 12.8 Å². The van der Waals surface area contributed by atoms with Gasteiger partial charge in [0.05, 0.1) is 16.1 Å². The Hall–Kier alpha value is -2.99. The molecule has 158 valence electrons. The van der Waals surface area contributed by atoms with Crippen LogP contribution in [0.15, 0.2) is 42.0 Å². The number of nitrogens with one attached hydrogen (secondary N) is 1. The number of anilines is 1. The van der Waals surface area contributed by atoms with Gasteiger partial charge in [0.15, 0.2) is 5.13 Å². The summed E-state index contributed by atoms with van der Waals surface area (Å²) in [7, 11) is 0. The van der Waals surface area contributed by atoms with E-state index in [1.54, 1.807) is 19.1 Å². The SMILES string of the molecule is Cc1cccc(F)c1C(=O)Nc1nc2c(s1)-c1cccc(C(N)=C3CCC3)c1CCC2. The lowest BCUT2D eigenvalue weighted by molar-refractivity contribution is 0.102. The van der Waals surface area contributed by atoms with E-state index in [1.807, 2.05) is 0 Å². The highest BCUT2D eigenvalue weighted by molar-refractivity contribution is 7.19. The van der Waals surface area contributed by atoms with Gasteiger partial charge < -0.3 is 5.73 Å². The molecule has 1 aromatic heterocycles. The molecule has 2 aromatic carbocycles. The molecule has 0 aliphatic heterocycles. The van der Waals surface area contributed by atoms with Gasteiger partial charge in [0.2, 0.25) is 0 Å². The van der Waals surface area contributed by atoms with E-state index in [1.165, 1.54) is 35.0 Å². The van der Waals surface area contributed by atoms with Crippen molar-refractivity contribution in [2.75, 3.05) is 5.32 Å². The van der Waals surface area contributed by atoms with Crippen LogP contribution in [0.1, 0.15) is 58.4 Å². The molecule has 31 heavy (non-hydrogen) atoms. The zero-order valence-electron chi connectivity index (χ0n) is 17.4. The Morgan fingerprint density at radius 3 is 2.61 bits per heavy atom. The second kappa shape index (κ2) is 7.93. The molecule has 2 aliphatic carbocycles. The van der Waals surface area contributed by atoms with Crippen molar-refractivity contribution in [3.05, 3.63) is 75.7 Å². The van der Waals surface area contributed by atoms with E-state index in [-0.39, 0.29) is 5.56 Å². The maximum Gasteiger partial charge on any atom is 0.260 e. The normalized spacial score (nSPS) is 14.8. The number of thiazole rings is 1. The Bertz CT molecular complexity index is 1200. The third-order valence-electron chi connectivity index (χ3n) is 6.26. The molecule has 0 bridgehead atoms. The Morgan fingerprint density at radius 2 is 1.87 bits per heavy atom. The zero-order chi connectivity index (χ0) is 21.5. The Kier molecular flexibility index (Phi) is 5.10. The summed E-state index contributed by atoms with van der Waals surface area (Å²) in [4.78, 5) is 18.5. The summed E-state index contributed by atoms with van der Waals surface area (Å²) in [5.74, 6) is -0.988. The quantitative estimate of drug-likeness (QED) is 0.544. The number of benzene rings is 2. The van der Waals surface area contributed by atoms with Crippen LogP contribution in [0.3, 0.4) is 0 Å². The molecular formula is C25H24FN3OS. The lowest BCUT2D eigenvalue weighted by Gasteiger charge is -2.22. The maximum atomic E-state index is 14.2. The molecule has 3 N–H and O–H groups in total. The van der Waals surface area contributed by atoms with Crippen LogP contribution >= 0.6 is 11.3 Å². The van der Waals surface area contributed by atoms with Crippen LogP contribution in [-0.4, -0.2) is 10.9 Å². The molecule has 0 unspecified atom stereocenters. The van der Waals surface area contributed by atoms with Crippen molar-refractivity contribution >= 4 is 28.1 Å². The van der Waals surface area contributed by atoms with E-state index >= 15 is 0 Å². The number of amides is 1. The number of fused-ring (bicyclic) bond motifs is 3. The highest BCUT2D eigenvalue weighted by atomic mass is 32.1. The fourth-order valence-corrected chi connectivity index (χ4v) is 5.49. The lowest BCUT2D eigenvalue weighted by atomic mass is 9.86. The van der Waals surface area contributed by atoms with Gasteiger partial charge in [-0.1, -0.05) is 41.7 Å². The number of hydrogen-bond donors (Lipinski definition) is 2. The summed E-state index contributed by atoms with van der Waals surface area (Å²) in [6, 6.07) is 10.9. The van der Waals surface area contributed by atoms with Crippen molar-refractivity contribution in [2.45, 2.75) is 45.4 Å². The standard InChI is InChI=1S/C25H24FN3OS/c1-14-6-2-12-19(26)21(14)24(30)29-25-28-20-13-5-9-16-17(22(27)15-7-3-8-15)10-4-11-18(16)23(20)31-25/h2,4,6,10-12H,3,5,7-9,13,27H2,1H3,(H,28,29,30). The van der Waals surface area contributed by atoms with Crippen molar-refractivity contribution < 1.29 is 9.18 Å². The fourth-order valence-electron chi connectivity index (χ4n) is 4.43. The molecule has 1 heterocycles. The van der Waals surface area contributed by atoms with Gasteiger partial charge in [0.25, 0.3) is 5.91 Å². The monoisotopic (exact) mass is 433 g/mol. The van der Waals surface area contributed by atoms with Crippen LogP contribution in [0.4, 0.5) is 9.52 Å². The van der Waals surface area contributed by atoms with Gasteiger partial charge in [-0.3, -0.25) is 10.1 Å². The zero-order valence-corrected chi connectivity index (χ0v) is 18.2. The first-order valence-electron chi connectivity index (χ1n) is 10.7. The van der Waals surface area contributed by atoms with Gasteiger partial charge in [-0.05, 0) is 73.8 Å². The molecule has 4 nitrogen and oxygen atoms in total. The molecule has 1 fully saturated rings. The average molecular weight is 434 g/mol. The van der Waals surface area contributed by atoms with E-state index in [2.05, 4.69) is 23.5 Å². The first kappa shape index (κ1) is 19.9. The molecule has 0 radical (unpaired) electrons. The minimum absolute atomic E-state index is 0.0653. The van der Waals surface area contributed by atoms with Gasteiger partial charge in [0, 0.05) is 11.3 Å². The average Bonchev–Trinajstić information content (AvgIpc) is 3.00. The number of aryl methyl sites for hydroxylation is 2. The van der Waals surface area contributed by atoms with Crippen molar-refractivity contribution in [1.29, 1.82) is 0 Å². The van der Waals surface area contributed by atoms with Crippen molar-refractivity contribution in [2.24, 2.45) is 5.73 Å². The number of rotatable bonds is 3. The molecule has 2 aliphatic rings. The van der Waals surface area contributed by atoms with Crippen LogP contribution in [0.2, 0.25) is 0 Å². The maximum absolute atomic E-state index is 14.2. The largest absolute Gasteiger partial charge is 0.398 e. The van der Waals surface area contributed by atoms with E-state index in [0.717, 1.165) is 59.5 Å². The first-order chi connectivity index (χ1) is 15.0. The Labute approximate surface area is 185 Å². The summed E-state index contributed by atoms with van der Waals surface area (Å²) in [6.45, 7) is 1.73. The number of nitrogens with zero attached hydrogens (tertiary/aromatic N) is 1. The second-order valence-corrected chi connectivity index (χ2v) is 9.24. The third-order valence-corrected chi connectivity index (χ3v) is 7.30. The number of allylic oxidation sites excluding steroid dienone is 1.